The standard InChI is InChI=1S/C12H15BrN2O2S/c13-10-5-11(7-14-6-10)18(16,17)15-12-4-8-1-2-9(12)3-8/h5-9,12,15H,1-4H2. The Balaban J connectivity index is 1.79. The topological polar surface area (TPSA) is 59.1 Å². The van der Waals surface area contributed by atoms with Crippen LogP contribution in [-0.2, 0) is 10.0 Å². The Hall–Kier alpha value is -0.460. The van der Waals surface area contributed by atoms with E-state index in [1.807, 2.05) is 0 Å². The molecule has 0 aliphatic heterocycles. The minimum Gasteiger partial charge on any atom is -0.262 e. The highest BCUT2D eigenvalue weighted by atomic mass is 79.9. The van der Waals surface area contributed by atoms with Crippen LogP contribution in [0.5, 0.6) is 0 Å². The minimum atomic E-state index is -3.43. The van der Waals surface area contributed by atoms with Gasteiger partial charge in [-0.25, -0.2) is 13.1 Å². The summed E-state index contributed by atoms with van der Waals surface area (Å²) in [6.07, 6.45) is 7.57. The Morgan fingerprint density at radius 2 is 2.11 bits per heavy atom. The lowest BCUT2D eigenvalue weighted by Crippen LogP contribution is -2.38. The van der Waals surface area contributed by atoms with Crippen molar-refractivity contribution in [1.82, 2.24) is 9.71 Å². The quantitative estimate of drug-likeness (QED) is 0.925. The van der Waals surface area contributed by atoms with E-state index < -0.39 is 10.0 Å². The molecule has 2 aliphatic rings. The van der Waals surface area contributed by atoms with Gasteiger partial charge < -0.3 is 0 Å². The van der Waals surface area contributed by atoms with Crippen LogP contribution in [0, 0.1) is 11.8 Å². The molecule has 1 N–H and O–H groups in total. The van der Waals surface area contributed by atoms with Gasteiger partial charge in [0.2, 0.25) is 10.0 Å². The van der Waals surface area contributed by atoms with Crippen LogP contribution < -0.4 is 4.72 Å². The van der Waals surface area contributed by atoms with Crippen molar-refractivity contribution in [3.05, 3.63) is 22.9 Å². The zero-order chi connectivity index (χ0) is 12.8. The highest BCUT2D eigenvalue weighted by Gasteiger charge is 2.41. The van der Waals surface area contributed by atoms with Crippen LogP contribution in [0.4, 0.5) is 0 Å². The van der Waals surface area contributed by atoms with Gasteiger partial charge in [-0.3, -0.25) is 4.98 Å². The van der Waals surface area contributed by atoms with E-state index in [0.29, 0.717) is 10.4 Å². The monoisotopic (exact) mass is 330 g/mol. The Kier molecular flexibility index (Phi) is 3.20. The van der Waals surface area contributed by atoms with Crippen molar-refractivity contribution in [2.24, 2.45) is 11.8 Å². The molecule has 1 aromatic heterocycles. The van der Waals surface area contributed by atoms with Gasteiger partial charge in [0, 0.05) is 22.9 Å². The minimum absolute atomic E-state index is 0.118. The highest BCUT2D eigenvalue weighted by Crippen LogP contribution is 2.44. The molecule has 18 heavy (non-hydrogen) atoms. The molecule has 0 saturated heterocycles. The molecule has 1 aromatic rings. The third kappa shape index (κ3) is 2.33. The Labute approximate surface area is 115 Å². The molecule has 3 rings (SSSR count). The fraction of sp³-hybridized carbons (Fsp3) is 0.583. The van der Waals surface area contributed by atoms with Gasteiger partial charge in [-0.1, -0.05) is 6.42 Å². The third-order valence-corrected chi connectivity index (χ3v) is 5.93. The smallest absolute Gasteiger partial charge is 0.242 e. The predicted molar refractivity (Wildman–Crippen MR) is 71.5 cm³/mol. The van der Waals surface area contributed by atoms with Crippen molar-refractivity contribution in [1.29, 1.82) is 0 Å². The number of sulfonamides is 1. The number of hydrogen-bond acceptors (Lipinski definition) is 3. The van der Waals surface area contributed by atoms with Crippen molar-refractivity contribution >= 4 is 26.0 Å². The second kappa shape index (κ2) is 4.58. The van der Waals surface area contributed by atoms with Gasteiger partial charge in [0.1, 0.15) is 4.90 Å². The number of pyridine rings is 1. The van der Waals surface area contributed by atoms with E-state index in [1.165, 1.54) is 19.0 Å². The maximum Gasteiger partial charge on any atom is 0.242 e. The van der Waals surface area contributed by atoms with E-state index >= 15 is 0 Å². The second-order valence-electron chi connectivity index (χ2n) is 5.24. The van der Waals surface area contributed by atoms with E-state index in [2.05, 4.69) is 25.6 Å². The number of rotatable bonds is 3. The normalized spacial score (nSPS) is 30.8. The number of halogens is 1. The molecule has 0 spiro atoms. The first-order valence-electron chi connectivity index (χ1n) is 6.17. The van der Waals surface area contributed by atoms with Crippen LogP contribution in [0.3, 0.4) is 0 Å². The molecule has 2 bridgehead atoms. The molecule has 2 saturated carbocycles. The molecule has 3 atom stereocenters. The molecule has 1 heterocycles. The average Bonchev–Trinajstić information content (AvgIpc) is 2.90. The Morgan fingerprint density at radius 3 is 2.72 bits per heavy atom. The summed E-state index contributed by atoms with van der Waals surface area (Å²) in [5, 5.41) is 0. The predicted octanol–water partition coefficient (Wildman–Crippen LogP) is 2.31. The van der Waals surface area contributed by atoms with Gasteiger partial charge in [0.25, 0.3) is 0 Å². The van der Waals surface area contributed by atoms with Crippen molar-refractivity contribution < 1.29 is 8.42 Å². The van der Waals surface area contributed by atoms with Crippen LogP contribution in [0.15, 0.2) is 27.8 Å². The van der Waals surface area contributed by atoms with Gasteiger partial charge in [-0.2, -0.15) is 0 Å². The van der Waals surface area contributed by atoms with Crippen molar-refractivity contribution in [3.8, 4) is 0 Å². The summed E-state index contributed by atoms with van der Waals surface area (Å²) < 4.78 is 28.0. The number of hydrogen-bond donors (Lipinski definition) is 1. The van der Waals surface area contributed by atoms with Crippen LogP contribution >= 0.6 is 15.9 Å². The maximum absolute atomic E-state index is 12.2. The number of fused-ring (bicyclic) bond motifs is 2. The molecule has 2 aliphatic carbocycles. The summed E-state index contributed by atoms with van der Waals surface area (Å²) in [6.45, 7) is 0. The van der Waals surface area contributed by atoms with Gasteiger partial charge >= 0.3 is 0 Å². The van der Waals surface area contributed by atoms with E-state index in [-0.39, 0.29) is 10.9 Å². The summed E-state index contributed by atoms with van der Waals surface area (Å²) in [6, 6.07) is 1.70. The molecule has 4 nitrogen and oxygen atoms in total. The van der Waals surface area contributed by atoms with E-state index in [9.17, 15) is 8.42 Å². The SMILES string of the molecule is O=S(=O)(NC1CC2CCC1C2)c1cncc(Br)c1. The summed E-state index contributed by atoms with van der Waals surface area (Å²) in [5.41, 5.74) is 0. The lowest BCUT2D eigenvalue weighted by molar-refractivity contribution is 0.390. The van der Waals surface area contributed by atoms with Crippen LogP contribution in [0.2, 0.25) is 0 Å². The third-order valence-electron chi connectivity index (χ3n) is 4.03. The van der Waals surface area contributed by atoms with E-state index in [1.54, 1.807) is 12.3 Å². The van der Waals surface area contributed by atoms with Gasteiger partial charge in [0.05, 0.1) is 0 Å². The zero-order valence-electron chi connectivity index (χ0n) is 9.84. The van der Waals surface area contributed by atoms with Gasteiger partial charge in [-0.15, -0.1) is 0 Å². The molecule has 0 amide bonds. The van der Waals surface area contributed by atoms with Crippen LogP contribution in [-0.4, -0.2) is 19.4 Å². The maximum atomic E-state index is 12.2. The van der Waals surface area contributed by atoms with Crippen molar-refractivity contribution in [2.45, 2.75) is 36.6 Å². The highest BCUT2D eigenvalue weighted by molar-refractivity contribution is 9.10. The lowest BCUT2D eigenvalue weighted by atomic mass is 9.96. The largest absolute Gasteiger partial charge is 0.262 e. The summed E-state index contributed by atoms with van der Waals surface area (Å²) in [5.74, 6) is 1.26. The fourth-order valence-corrected chi connectivity index (χ4v) is 5.02. The average molecular weight is 331 g/mol. The molecule has 0 radical (unpaired) electrons. The van der Waals surface area contributed by atoms with Crippen molar-refractivity contribution in [3.63, 3.8) is 0 Å². The molecule has 0 aromatic carbocycles. The number of nitrogens with one attached hydrogen (secondary N) is 1. The summed E-state index contributed by atoms with van der Waals surface area (Å²) in [4.78, 5) is 4.14. The summed E-state index contributed by atoms with van der Waals surface area (Å²) in [7, 11) is -3.43. The van der Waals surface area contributed by atoms with Gasteiger partial charge in [0.15, 0.2) is 0 Å². The molecular weight excluding hydrogens is 316 g/mol. The number of nitrogens with zero attached hydrogens (tertiary/aromatic N) is 1. The molecular formula is C12H15BrN2O2S. The Morgan fingerprint density at radius 1 is 1.28 bits per heavy atom. The van der Waals surface area contributed by atoms with E-state index in [4.69, 9.17) is 0 Å². The first-order chi connectivity index (χ1) is 8.54. The lowest BCUT2D eigenvalue weighted by Gasteiger charge is -2.22. The van der Waals surface area contributed by atoms with Crippen LogP contribution in [0.25, 0.3) is 0 Å². The number of aromatic nitrogens is 1. The Bertz CT molecular complexity index is 561. The van der Waals surface area contributed by atoms with Crippen LogP contribution in [0.1, 0.15) is 25.7 Å². The molecule has 98 valence electrons. The van der Waals surface area contributed by atoms with Crippen molar-refractivity contribution in [2.75, 3.05) is 0 Å². The first kappa shape index (κ1) is 12.6. The van der Waals surface area contributed by atoms with E-state index in [0.717, 1.165) is 18.8 Å². The fourth-order valence-electron chi connectivity index (χ4n) is 3.20. The zero-order valence-corrected chi connectivity index (χ0v) is 12.2. The summed E-state index contributed by atoms with van der Waals surface area (Å²) >= 11 is 3.25. The molecule has 6 heteroatoms. The van der Waals surface area contributed by atoms with Gasteiger partial charge in [-0.05, 0) is 53.1 Å². The second-order valence-corrected chi connectivity index (χ2v) is 7.87. The molecule has 2 fully saturated rings. The first-order valence-corrected chi connectivity index (χ1v) is 8.45. The molecule has 3 unspecified atom stereocenters.